The van der Waals surface area contributed by atoms with Gasteiger partial charge in [0.25, 0.3) is 0 Å². The summed E-state index contributed by atoms with van der Waals surface area (Å²) in [5, 5.41) is 3.09. The normalized spacial score (nSPS) is 12.9. The van der Waals surface area contributed by atoms with Crippen LogP contribution in [0.25, 0.3) is 0 Å². The van der Waals surface area contributed by atoms with Crippen molar-refractivity contribution in [3.63, 3.8) is 0 Å². The Morgan fingerprint density at radius 2 is 2.24 bits per heavy atom. The summed E-state index contributed by atoms with van der Waals surface area (Å²) >= 11 is 0. The lowest BCUT2D eigenvalue weighted by atomic mass is 10.1. The summed E-state index contributed by atoms with van der Waals surface area (Å²) in [5.74, 6) is 2.57. The molecular formula is C14H25NO2. The Hall–Kier alpha value is -0.800. The Bertz CT molecular complexity index is 320. The fraction of sp³-hybridized carbons (Fsp3) is 0.714. The van der Waals surface area contributed by atoms with Crippen molar-refractivity contribution in [2.45, 2.75) is 46.8 Å². The molecule has 0 aliphatic carbocycles. The number of ether oxygens (including phenoxy) is 1. The predicted molar refractivity (Wildman–Crippen MR) is 69.9 cm³/mol. The van der Waals surface area contributed by atoms with Gasteiger partial charge in [0.05, 0.1) is 6.54 Å². The van der Waals surface area contributed by atoms with Gasteiger partial charge in [-0.1, -0.05) is 20.3 Å². The first-order valence-corrected chi connectivity index (χ1v) is 6.47. The highest BCUT2D eigenvalue weighted by Crippen LogP contribution is 2.16. The van der Waals surface area contributed by atoms with E-state index in [0.717, 1.165) is 24.7 Å². The van der Waals surface area contributed by atoms with E-state index in [1.54, 1.807) is 0 Å². The Morgan fingerprint density at radius 3 is 2.88 bits per heavy atom. The lowest BCUT2D eigenvalue weighted by Gasteiger charge is -2.09. The van der Waals surface area contributed by atoms with Gasteiger partial charge >= 0.3 is 0 Å². The highest BCUT2D eigenvalue weighted by atomic mass is 16.5. The molecule has 0 aliphatic rings. The van der Waals surface area contributed by atoms with Crippen molar-refractivity contribution in [3.05, 3.63) is 23.2 Å². The topological polar surface area (TPSA) is 34.4 Å². The number of hydrogen-bond donors (Lipinski definition) is 1. The minimum Gasteiger partial charge on any atom is -0.462 e. The van der Waals surface area contributed by atoms with Gasteiger partial charge in [-0.3, -0.25) is 0 Å². The molecule has 3 heteroatoms. The minimum absolute atomic E-state index is 0.582. The van der Waals surface area contributed by atoms with E-state index in [9.17, 15) is 0 Å². The first-order valence-electron chi connectivity index (χ1n) is 6.47. The lowest BCUT2D eigenvalue weighted by Crippen LogP contribution is -2.05. The molecule has 1 rings (SSSR count). The first kappa shape index (κ1) is 14.3. The van der Waals surface area contributed by atoms with Gasteiger partial charge in [-0.05, 0) is 37.9 Å². The standard InChI is InChI=1S/C14H25NO2/c1-5-6-11(2)9-16-10-13-7-12(3)14(17-13)8-15-4/h7,11,15H,5-6,8-10H2,1-4H3. The minimum atomic E-state index is 0.582. The summed E-state index contributed by atoms with van der Waals surface area (Å²) in [6.07, 6.45) is 2.44. The van der Waals surface area contributed by atoms with Crippen LogP contribution in [0.1, 0.15) is 43.8 Å². The van der Waals surface area contributed by atoms with E-state index in [-0.39, 0.29) is 0 Å². The van der Waals surface area contributed by atoms with Crippen molar-refractivity contribution in [2.75, 3.05) is 13.7 Å². The average Bonchev–Trinajstić information content (AvgIpc) is 2.61. The van der Waals surface area contributed by atoms with Crippen LogP contribution >= 0.6 is 0 Å². The summed E-state index contributed by atoms with van der Waals surface area (Å²) in [5.41, 5.74) is 1.19. The van der Waals surface area contributed by atoms with Gasteiger partial charge in [0, 0.05) is 6.61 Å². The molecule has 0 spiro atoms. The molecule has 0 amide bonds. The van der Waals surface area contributed by atoms with Crippen LogP contribution in [0.2, 0.25) is 0 Å². The van der Waals surface area contributed by atoms with Crippen LogP contribution in [0.4, 0.5) is 0 Å². The monoisotopic (exact) mass is 239 g/mol. The fourth-order valence-electron chi connectivity index (χ4n) is 1.93. The van der Waals surface area contributed by atoms with Crippen molar-refractivity contribution in [3.8, 4) is 0 Å². The molecule has 1 heterocycles. The van der Waals surface area contributed by atoms with Crippen molar-refractivity contribution < 1.29 is 9.15 Å². The third-order valence-corrected chi connectivity index (χ3v) is 2.84. The van der Waals surface area contributed by atoms with E-state index in [1.807, 2.05) is 7.05 Å². The summed E-state index contributed by atoms with van der Waals surface area (Å²) in [6.45, 7) is 8.67. The number of aryl methyl sites for hydroxylation is 1. The van der Waals surface area contributed by atoms with Gasteiger partial charge in [0.15, 0.2) is 0 Å². The molecule has 0 saturated heterocycles. The zero-order chi connectivity index (χ0) is 12.7. The molecule has 1 atom stereocenters. The Morgan fingerprint density at radius 1 is 1.47 bits per heavy atom. The van der Waals surface area contributed by atoms with Crippen LogP contribution in [-0.2, 0) is 17.9 Å². The Balaban J connectivity index is 2.34. The second kappa shape index (κ2) is 7.51. The second-order valence-corrected chi connectivity index (χ2v) is 4.76. The molecule has 1 aromatic rings. The Kier molecular flexibility index (Phi) is 6.30. The maximum Gasteiger partial charge on any atom is 0.130 e. The molecule has 0 aliphatic heterocycles. The third kappa shape index (κ3) is 4.92. The molecule has 0 radical (unpaired) electrons. The molecule has 1 aromatic heterocycles. The number of nitrogens with one attached hydrogen (secondary N) is 1. The van der Waals surface area contributed by atoms with E-state index in [1.165, 1.54) is 18.4 Å². The molecule has 17 heavy (non-hydrogen) atoms. The molecule has 3 nitrogen and oxygen atoms in total. The van der Waals surface area contributed by atoms with Gasteiger partial charge in [-0.15, -0.1) is 0 Å². The second-order valence-electron chi connectivity index (χ2n) is 4.76. The molecule has 1 unspecified atom stereocenters. The van der Waals surface area contributed by atoms with Gasteiger partial charge in [0.1, 0.15) is 18.1 Å². The van der Waals surface area contributed by atoms with Crippen LogP contribution in [0.15, 0.2) is 10.5 Å². The highest BCUT2D eigenvalue weighted by Gasteiger charge is 2.07. The first-order chi connectivity index (χ1) is 8.17. The summed E-state index contributed by atoms with van der Waals surface area (Å²) in [6, 6.07) is 2.07. The molecule has 0 saturated carbocycles. The Labute approximate surface area is 105 Å². The zero-order valence-corrected chi connectivity index (χ0v) is 11.5. The van der Waals surface area contributed by atoms with E-state index in [2.05, 4.69) is 32.2 Å². The smallest absolute Gasteiger partial charge is 0.130 e. The van der Waals surface area contributed by atoms with Gasteiger partial charge in [0.2, 0.25) is 0 Å². The van der Waals surface area contributed by atoms with E-state index >= 15 is 0 Å². The SMILES string of the molecule is CCCC(C)COCc1cc(C)c(CNC)o1. The van der Waals surface area contributed by atoms with Crippen LogP contribution in [-0.4, -0.2) is 13.7 Å². The molecule has 0 fully saturated rings. The summed E-state index contributed by atoms with van der Waals surface area (Å²) < 4.78 is 11.4. The lowest BCUT2D eigenvalue weighted by molar-refractivity contribution is 0.0769. The maximum absolute atomic E-state index is 5.71. The van der Waals surface area contributed by atoms with Gasteiger partial charge in [-0.2, -0.15) is 0 Å². The number of furan rings is 1. The van der Waals surface area contributed by atoms with Gasteiger partial charge in [-0.25, -0.2) is 0 Å². The van der Waals surface area contributed by atoms with Crippen molar-refractivity contribution in [2.24, 2.45) is 5.92 Å². The van der Waals surface area contributed by atoms with Crippen LogP contribution in [0, 0.1) is 12.8 Å². The van der Waals surface area contributed by atoms with Crippen molar-refractivity contribution in [1.82, 2.24) is 5.32 Å². The number of hydrogen-bond acceptors (Lipinski definition) is 3. The maximum atomic E-state index is 5.71. The van der Waals surface area contributed by atoms with Crippen molar-refractivity contribution >= 4 is 0 Å². The van der Waals surface area contributed by atoms with Gasteiger partial charge < -0.3 is 14.5 Å². The predicted octanol–water partition coefficient (Wildman–Crippen LogP) is 3.26. The van der Waals surface area contributed by atoms with Crippen LogP contribution in [0.3, 0.4) is 0 Å². The largest absolute Gasteiger partial charge is 0.462 e. The summed E-state index contributed by atoms with van der Waals surface area (Å²) in [4.78, 5) is 0. The molecule has 0 bridgehead atoms. The third-order valence-electron chi connectivity index (χ3n) is 2.84. The number of rotatable bonds is 8. The fourth-order valence-corrected chi connectivity index (χ4v) is 1.93. The summed E-state index contributed by atoms with van der Waals surface area (Å²) in [7, 11) is 1.92. The van der Waals surface area contributed by atoms with E-state index < -0.39 is 0 Å². The van der Waals surface area contributed by atoms with Crippen molar-refractivity contribution in [1.29, 1.82) is 0 Å². The molecule has 98 valence electrons. The van der Waals surface area contributed by atoms with Crippen LogP contribution in [0.5, 0.6) is 0 Å². The highest BCUT2D eigenvalue weighted by molar-refractivity contribution is 5.19. The zero-order valence-electron chi connectivity index (χ0n) is 11.5. The molecule has 0 aromatic carbocycles. The molecule has 1 N–H and O–H groups in total. The average molecular weight is 239 g/mol. The van der Waals surface area contributed by atoms with E-state index in [0.29, 0.717) is 12.5 Å². The van der Waals surface area contributed by atoms with E-state index in [4.69, 9.17) is 9.15 Å². The van der Waals surface area contributed by atoms with Crippen LogP contribution < -0.4 is 5.32 Å². The quantitative estimate of drug-likeness (QED) is 0.756. The molecular weight excluding hydrogens is 214 g/mol.